The lowest BCUT2D eigenvalue weighted by Gasteiger charge is -2.13. The van der Waals surface area contributed by atoms with Gasteiger partial charge in [0.15, 0.2) is 5.82 Å². The van der Waals surface area contributed by atoms with Crippen LogP contribution in [0, 0.1) is 20.8 Å². The molecular weight excluding hydrogens is 772 g/mol. The van der Waals surface area contributed by atoms with E-state index < -0.39 is 6.04 Å². The third-order valence-corrected chi connectivity index (χ3v) is 10.9. The Morgan fingerprint density at radius 3 is 2.43 bits per heavy atom. The van der Waals surface area contributed by atoms with E-state index in [1.807, 2.05) is 66.1 Å². The summed E-state index contributed by atoms with van der Waals surface area (Å²) in [5.74, 6) is 2.00. The Bertz CT molecular complexity index is 2210. The van der Waals surface area contributed by atoms with Gasteiger partial charge in [0, 0.05) is 51.6 Å². The molecule has 5 aromatic rings. The number of hydrogen-bond acceptors (Lipinski definition) is 11. The number of aryl methyl sites for hydroxylation is 2. The summed E-state index contributed by atoms with van der Waals surface area (Å²) >= 11 is 7.89. The number of halogens is 1. The quantitative estimate of drug-likeness (QED) is 0.0941. The molecule has 0 spiro atoms. The van der Waals surface area contributed by atoms with Crippen molar-refractivity contribution in [1.29, 1.82) is 0 Å². The van der Waals surface area contributed by atoms with Crippen molar-refractivity contribution in [3.05, 3.63) is 105 Å². The summed E-state index contributed by atoms with van der Waals surface area (Å²) in [7, 11) is 0. The lowest BCUT2D eigenvalue weighted by atomic mass is 9.99. The first-order valence-corrected chi connectivity index (χ1v) is 19.4. The molecule has 0 aliphatic carbocycles. The Balaban J connectivity index is 0.00000532. The molecule has 5 heterocycles. The minimum absolute atomic E-state index is 0. The van der Waals surface area contributed by atoms with Crippen molar-refractivity contribution in [1.82, 2.24) is 25.1 Å². The first kappa shape index (κ1) is 41.0. The number of carbonyl (C=O) groups excluding carboxylic acids is 2. The van der Waals surface area contributed by atoms with E-state index in [1.54, 1.807) is 17.5 Å². The fourth-order valence-electron chi connectivity index (χ4n) is 6.59. The van der Waals surface area contributed by atoms with Crippen LogP contribution >= 0.6 is 36.4 Å². The van der Waals surface area contributed by atoms with Crippen LogP contribution in [0.4, 0.5) is 11.5 Å². The molecule has 0 saturated heterocycles. The first-order chi connectivity index (χ1) is 26.8. The summed E-state index contributed by atoms with van der Waals surface area (Å²) in [6.45, 7) is 9.57. The number of hydrogen-bond donors (Lipinski definition) is 3. The Morgan fingerprint density at radius 2 is 1.66 bits per heavy atom. The number of aliphatic imine (C=N–C) groups is 1. The largest absolute Gasteiger partial charge is 0.377 e. The number of amides is 2. The molecule has 3 N–H and O–H groups in total. The van der Waals surface area contributed by atoms with Crippen LogP contribution in [0.15, 0.2) is 65.8 Å². The third-order valence-electron chi connectivity index (χ3n) is 9.44. The summed E-state index contributed by atoms with van der Waals surface area (Å²) in [5.41, 5.74) is 7.69. The third kappa shape index (κ3) is 9.48. The predicted octanol–water partition coefficient (Wildman–Crippen LogP) is 6.14. The first-order valence-electron chi connectivity index (χ1n) is 18.2. The second-order valence-electron chi connectivity index (χ2n) is 13.2. The highest BCUT2D eigenvalue weighted by molar-refractivity contribution is 7.59. The van der Waals surface area contributed by atoms with Gasteiger partial charge in [0.05, 0.1) is 58.2 Å². The number of fused-ring (bicyclic) bond motifs is 4. The van der Waals surface area contributed by atoms with Gasteiger partial charge in [-0.1, -0.05) is 35.9 Å². The number of benzene rings is 2. The zero-order chi connectivity index (χ0) is 38.3. The minimum atomic E-state index is -0.535. The molecule has 16 heteroatoms. The second kappa shape index (κ2) is 19.0. The number of pyridine rings is 1. The molecule has 2 aromatic carbocycles. The number of nitrogens with zero attached hydrogens (tertiary/aromatic N) is 5. The van der Waals surface area contributed by atoms with E-state index >= 15 is 0 Å². The van der Waals surface area contributed by atoms with Crippen molar-refractivity contribution in [2.75, 3.05) is 63.4 Å². The molecule has 7 rings (SSSR count). The van der Waals surface area contributed by atoms with Gasteiger partial charge in [-0.25, -0.2) is 4.98 Å². The standard InChI is InChI=1S/C40H43ClN8O5S.H2S/c1-24-25(2)55-40-36(24)37(27-8-10-30(41)11-9-27)46-33(39-48-47-26(3)49(39)40)23-34(50)42-13-15-52-17-19-54-20-18-53-16-14-44-38-31(5-4-12-43-38)28-6-7-29-22-35(51)45-32(29)21-28;/h4-12,21,33H,13-20,22-23H2,1-3H3,(H,42,50)(H,43,44)(H,45,51);1H2/t33-;/m0./s1. The smallest absolute Gasteiger partial charge is 0.228 e. The van der Waals surface area contributed by atoms with Gasteiger partial charge in [0.2, 0.25) is 11.8 Å². The van der Waals surface area contributed by atoms with Gasteiger partial charge in [0.1, 0.15) is 22.7 Å². The van der Waals surface area contributed by atoms with Crippen molar-refractivity contribution in [2.24, 2.45) is 4.99 Å². The van der Waals surface area contributed by atoms with Crippen molar-refractivity contribution >= 4 is 65.5 Å². The Morgan fingerprint density at radius 1 is 0.946 bits per heavy atom. The van der Waals surface area contributed by atoms with Gasteiger partial charge in [-0.2, -0.15) is 13.5 Å². The normalized spacial score (nSPS) is 14.2. The topological polar surface area (TPSA) is 154 Å². The van der Waals surface area contributed by atoms with Crippen LogP contribution in [-0.4, -0.2) is 90.0 Å². The van der Waals surface area contributed by atoms with E-state index in [4.69, 9.17) is 30.8 Å². The molecule has 0 bridgehead atoms. The number of carbonyl (C=O) groups is 2. The molecule has 0 radical (unpaired) electrons. The molecule has 56 heavy (non-hydrogen) atoms. The number of rotatable bonds is 17. The van der Waals surface area contributed by atoms with E-state index in [9.17, 15) is 9.59 Å². The van der Waals surface area contributed by atoms with E-state index in [-0.39, 0.29) is 31.7 Å². The fourth-order valence-corrected chi connectivity index (χ4v) is 7.93. The number of thiophene rings is 1. The number of aromatic nitrogens is 4. The van der Waals surface area contributed by atoms with Gasteiger partial charge in [0.25, 0.3) is 0 Å². The number of nitrogens with one attached hydrogen (secondary N) is 3. The molecule has 0 fully saturated rings. The van der Waals surface area contributed by atoms with Gasteiger partial charge < -0.3 is 30.2 Å². The summed E-state index contributed by atoms with van der Waals surface area (Å²) < 4.78 is 19.1. The van der Waals surface area contributed by atoms with Crippen molar-refractivity contribution < 1.29 is 23.8 Å². The van der Waals surface area contributed by atoms with Gasteiger partial charge in [-0.3, -0.25) is 19.1 Å². The molecular formula is C40H45ClN8O5S2. The monoisotopic (exact) mass is 816 g/mol. The van der Waals surface area contributed by atoms with Gasteiger partial charge in [-0.05, 0) is 67.8 Å². The fraction of sp³-hybridized carbons (Fsp3) is 0.350. The van der Waals surface area contributed by atoms with Crippen LogP contribution in [0.2, 0.25) is 5.02 Å². The minimum Gasteiger partial charge on any atom is -0.377 e. The summed E-state index contributed by atoms with van der Waals surface area (Å²) in [6.07, 6.45) is 2.27. The highest BCUT2D eigenvalue weighted by Gasteiger charge is 2.32. The molecule has 0 saturated carbocycles. The molecule has 13 nitrogen and oxygen atoms in total. The van der Waals surface area contributed by atoms with E-state index in [1.165, 1.54) is 4.88 Å². The highest BCUT2D eigenvalue weighted by atomic mass is 35.5. The van der Waals surface area contributed by atoms with Crippen LogP contribution in [0.1, 0.15) is 51.2 Å². The number of ether oxygens (including phenoxy) is 3. The second-order valence-corrected chi connectivity index (χ2v) is 14.9. The van der Waals surface area contributed by atoms with Crippen molar-refractivity contribution in [3.63, 3.8) is 0 Å². The highest BCUT2D eigenvalue weighted by Crippen LogP contribution is 2.39. The van der Waals surface area contributed by atoms with Crippen LogP contribution in [0.25, 0.3) is 16.1 Å². The Hall–Kier alpha value is -4.64. The molecule has 3 aromatic heterocycles. The molecule has 2 aliphatic heterocycles. The molecule has 1 atom stereocenters. The maximum Gasteiger partial charge on any atom is 0.228 e. The zero-order valence-corrected chi connectivity index (χ0v) is 34.1. The average molecular weight is 817 g/mol. The molecule has 294 valence electrons. The Kier molecular flexibility index (Phi) is 13.9. The van der Waals surface area contributed by atoms with Gasteiger partial charge in [-0.15, -0.1) is 21.5 Å². The van der Waals surface area contributed by atoms with Crippen LogP contribution < -0.4 is 16.0 Å². The average Bonchev–Trinajstić information content (AvgIpc) is 3.81. The maximum absolute atomic E-state index is 13.2. The molecule has 2 aliphatic rings. The van der Waals surface area contributed by atoms with Crippen molar-refractivity contribution in [3.8, 4) is 16.1 Å². The Labute approximate surface area is 341 Å². The number of anilines is 2. The predicted molar refractivity (Wildman–Crippen MR) is 224 cm³/mol. The van der Waals surface area contributed by atoms with E-state index in [0.29, 0.717) is 70.0 Å². The summed E-state index contributed by atoms with van der Waals surface area (Å²) in [6, 6.07) is 17.0. The zero-order valence-electron chi connectivity index (χ0n) is 31.5. The van der Waals surface area contributed by atoms with E-state index in [0.717, 1.165) is 61.4 Å². The summed E-state index contributed by atoms with van der Waals surface area (Å²) in [5, 5.41) is 19.7. The van der Waals surface area contributed by atoms with Gasteiger partial charge >= 0.3 is 0 Å². The maximum atomic E-state index is 13.2. The lowest BCUT2D eigenvalue weighted by molar-refractivity contribution is -0.121. The lowest BCUT2D eigenvalue weighted by Crippen LogP contribution is -2.29. The molecule has 2 amide bonds. The molecule has 0 unspecified atom stereocenters. The van der Waals surface area contributed by atoms with E-state index in [2.05, 4.69) is 45.0 Å². The van der Waals surface area contributed by atoms with Crippen LogP contribution in [0.3, 0.4) is 0 Å². The van der Waals surface area contributed by atoms with Crippen molar-refractivity contribution in [2.45, 2.75) is 39.7 Å². The summed E-state index contributed by atoms with van der Waals surface area (Å²) in [4.78, 5) is 35.8. The van der Waals surface area contributed by atoms with Crippen LogP contribution in [0.5, 0.6) is 0 Å². The van der Waals surface area contributed by atoms with Crippen LogP contribution in [-0.2, 0) is 30.2 Å². The SMILES string of the molecule is Cc1sc2c(c1C)C(c1ccc(Cl)cc1)=N[C@@H](CC(=O)NCCOCCOCCOCCNc1ncccc1-c1ccc3c(c1)NC(=O)C3)c1nnc(C)n1-2.S.